The molecular weight excluding hydrogens is 506 g/mol. The van der Waals surface area contributed by atoms with Gasteiger partial charge in [0, 0.05) is 22.3 Å². The molecule has 35 heavy (non-hydrogen) atoms. The topological polar surface area (TPSA) is 65.4 Å². The van der Waals surface area contributed by atoms with Crippen LogP contribution < -0.4 is 14.8 Å². The highest BCUT2D eigenvalue weighted by Crippen LogP contribution is 2.24. The van der Waals surface area contributed by atoms with Crippen LogP contribution in [0.5, 0.6) is 11.5 Å². The van der Waals surface area contributed by atoms with Crippen molar-refractivity contribution in [3.63, 3.8) is 0 Å². The maximum Gasteiger partial charge on any atom is 0.248 e. The Morgan fingerprint density at radius 3 is 2.66 bits per heavy atom. The van der Waals surface area contributed by atoms with Crippen molar-refractivity contribution in [1.29, 1.82) is 0 Å². The molecule has 1 amide bonds. The smallest absolute Gasteiger partial charge is 0.248 e. The normalized spacial score (nSPS) is 10.9. The molecule has 1 heterocycles. The molecule has 0 unspecified atom stereocenters. The first kappa shape index (κ1) is 24.3. The minimum atomic E-state index is -0.235. The molecule has 0 aliphatic carbocycles. The highest BCUT2D eigenvalue weighted by molar-refractivity contribution is 9.10. The van der Waals surface area contributed by atoms with Crippen LogP contribution in [0.3, 0.4) is 0 Å². The van der Waals surface area contributed by atoms with E-state index in [1.165, 1.54) is 6.08 Å². The summed E-state index contributed by atoms with van der Waals surface area (Å²) >= 11 is 3.44. The number of nitrogens with one attached hydrogen (secondary N) is 1. The average Bonchev–Trinajstić information content (AvgIpc) is 3.30. The van der Waals surface area contributed by atoms with Crippen LogP contribution in [-0.4, -0.2) is 22.8 Å². The summed E-state index contributed by atoms with van der Waals surface area (Å²) in [5.74, 6) is 1.33. The number of anilines is 1. The van der Waals surface area contributed by atoms with Crippen LogP contribution in [0.4, 0.5) is 5.69 Å². The number of amides is 1. The van der Waals surface area contributed by atoms with Gasteiger partial charge in [-0.1, -0.05) is 52.3 Å². The van der Waals surface area contributed by atoms with E-state index in [2.05, 4.69) is 26.3 Å². The van der Waals surface area contributed by atoms with Crippen molar-refractivity contribution in [2.75, 3.05) is 12.4 Å². The first-order valence-corrected chi connectivity index (χ1v) is 11.9. The zero-order valence-electron chi connectivity index (χ0n) is 19.6. The van der Waals surface area contributed by atoms with Gasteiger partial charge in [0.05, 0.1) is 25.5 Å². The zero-order chi connectivity index (χ0) is 24.6. The number of aromatic nitrogens is 2. The second-order valence-corrected chi connectivity index (χ2v) is 8.92. The number of hydrogen-bond acceptors (Lipinski definition) is 4. The molecular formula is C28H26BrN3O3. The van der Waals surface area contributed by atoms with Crippen molar-refractivity contribution in [2.24, 2.45) is 0 Å². The van der Waals surface area contributed by atoms with Crippen LogP contribution in [0.2, 0.25) is 0 Å². The van der Waals surface area contributed by atoms with Crippen LogP contribution in [0.15, 0.2) is 89.7 Å². The molecule has 0 aliphatic rings. The molecule has 6 nitrogen and oxygen atoms in total. The molecule has 3 aromatic carbocycles. The summed E-state index contributed by atoms with van der Waals surface area (Å²) in [6.07, 6.45) is 6.71. The van der Waals surface area contributed by atoms with Gasteiger partial charge in [0.25, 0.3) is 0 Å². The maximum atomic E-state index is 12.5. The number of aryl methyl sites for hydroxylation is 1. The SMILES string of the molecule is COc1ccc(/C=C/C(=O)Nc2cnn(Cc3ccc(Br)cc3)c2)cc1COc1ccccc1C. The van der Waals surface area contributed by atoms with Gasteiger partial charge in [-0.15, -0.1) is 0 Å². The van der Waals surface area contributed by atoms with Gasteiger partial charge in [-0.2, -0.15) is 5.10 Å². The van der Waals surface area contributed by atoms with Crippen LogP contribution in [0.1, 0.15) is 22.3 Å². The number of rotatable bonds is 9. The Morgan fingerprint density at radius 2 is 1.89 bits per heavy atom. The Bertz CT molecular complexity index is 1330. The number of benzene rings is 3. The Balaban J connectivity index is 1.37. The molecule has 4 rings (SSSR count). The highest BCUT2D eigenvalue weighted by atomic mass is 79.9. The molecule has 0 saturated carbocycles. The summed E-state index contributed by atoms with van der Waals surface area (Å²) in [6.45, 7) is 2.99. The van der Waals surface area contributed by atoms with Crippen molar-refractivity contribution >= 4 is 33.6 Å². The summed E-state index contributed by atoms with van der Waals surface area (Å²) in [7, 11) is 1.63. The van der Waals surface area contributed by atoms with Crippen LogP contribution in [0.25, 0.3) is 6.08 Å². The Kier molecular flexibility index (Phi) is 8.00. The van der Waals surface area contributed by atoms with Gasteiger partial charge >= 0.3 is 0 Å². The van der Waals surface area contributed by atoms with Gasteiger partial charge in [-0.25, -0.2) is 0 Å². The lowest BCUT2D eigenvalue weighted by atomic mass is 10.1. The summed E-state index contributed by atoms with van der Waals surface area (Å²) in [6, 6.07) is 21.6. The first-order valence-electron chi connectivity index (χ1n) is 11.1. The standard InChI is InChI=1S/C28H26BrN3O3/c1-20-5-3-4-6-26(20)35-19-23-15-21(9-13-27(23)34-2)10-14-28(33)31-25-16-30-32(18-25)17-22-7-11-24(29)12-8-22/h3-16,18H,17,19H2,1-2H3,(H,31,33)/b14-10+. The van der Waals surface area contributed by atoms with Gasteiger partial charge in [-0.3, -0.25) is 9.48 Å². The fraction of sp³-hybridized carbons (Fsp3) is 0.143. The van der Waals surface area contributed by atoms with E-state index in [1.54, 1.807) is 24.1 Å². The van der Waals surface area contributed by atoms with Gasteiger partial charge in [0.15, 0.2) is 0 Å². The van der Waals surface area contributed by atoms with E-state index >= 15 is 0 Å². The highest BCUT2D eigenvalue weighted by Gasteiger charge is 2.07. The number of para-hydroxylation sites is 1. The summed E-state index contributed by atoms with van der Waals surface area (Å²) in [5, 5.41) is 7.18. The zero-order valence-corrected chi connectivity index (χ0v) is 21.2. The van der Waals surface area contributed by atoms with E-state index in [4.69, 9.17) is 9.47 Å². The third-order valence-electron chi connectivity index (χ3n) is 5.37. The molecule has 0 bridgehead atoms. The third-order valence-corrected chi connectivity index (χ3v) is 5.90. The summed E-state index contributed by atoms with van der Waals surface area (Å²) in [5.41, 5.74) is 4.59. The van der Waals surface area contributed by atoms with E-state index in [1.807, 2.05) is 79.9 Å². The number of nitrogens with zero attached hydrogens (tertiary/aromatic N) is 2. The van der Waals surface area contributed by atoms with Crippen LogP contribution >= 0.6 is 15.9 Å². The number of hydrogen-bond donors (Lipinski definition) is 1. The molecule has 0 saturated heterocycles. The molecule has 0 atom stereocenters. The molecule has 0 fully saturated rings. The minimum Gasteiger partial charge on any atom is -0.496 e. The number of carbonyl (C=O) groups excluding carboxylic acids is 1. The first-order chi connectivity index (χ1) is 17.0. The number of ether oxygens (including phenoxy) is 2. The lowest BCUT2D eigenvalue weighted by molar-refractivity contribution is -0.111. The fourth-order valence-corrected chi connectivity index (χ4v) is 3.80. The third kappa shape index (κ3) is 6.83. The monoisotopic (exact) mass is 531 g/mol. The number of halogens is 1. The summed E-state index contributed by atoms with van der Waals surface area (Å²) in [4.78, 5) is 12.5. The van der Waals surface area contributed by atoms with Gasteiger partial charge < -0.3 is 14.8 Å². The lowest BCUT2D eigenvalue weighted by Crippen LogP contribution is -2.07. The van der Waals surface area contributed by atoms with Gasteiger partial charge in [0.2, 0.25) is 5.91 Å². The molecule has 4 aromatic rings. The molecule has 1 aromatic heterocycles. The molecule has 0 radical (unpaired) electrons. The lowest BCUT2D eigenvalue weighted by Gasteiger charge is -2.12. The van der Waals surface area contributed by atoms with Gasteiger partial charge in [-0.05, 0) is 60.0 Å². The Hall–Kier alpha value is -3.84. The minimum absolute atomic E-state index is 0.235. The molecule has 178 valence electrons. The average molecular weight is 532 g/mol. The largest absolute Gasteiger partial charge is 0.496 e. The van der Waals surface area contributed by atoms with Crippen molar-refractivity contribution in [3.8, 4) is 11.5 Å². The predicted molar refractivity (Wildman–Crippen MR) is 142 cm³/mol. The predicted octanol–water partition coefficient (Wildman–Crippen LogP) is 6.24. The molecule has 0 spiro atoms. The van der Waals surface area contributed by atoms with E-state index in [-0.39, 0.29) is 5.91 Å². The number of methoxy groups -OCH3 is 1. The van der Waals surface area contributed by atoms with Crippen molar-refractivity contribution in [2.45, 2.75) is 20.1 Å². The quantitative estimate of drug-likeness (QED) is 0.259. The van der Waals surface area contributed by atoms with E-state index in [0.29, 0.717) is 18.8 Å². The summed E-state index contributed by atoms with van der Waals surface area (Å²) < 4.78 is 14.3. The second-order valence-electron chi connectivity index (χ2n) is 8.00. The van der Waals surface area contributed by atoms with Crippen molar-refractivity contribution in [3.05, 3.63) is 112 Å². The molecule has 1 N–H and O–H groups in total. The van der Waals surface area contributed by atoms with Gasteiger partial charge in [0.1, 0.15) is 18.1 Å². The maximum absolute atomic E-state index is 12.5. The molecule has 0 aliphatic heterocycles. The van der Waals surface area contributed by atoms with E-state index < -0.39 is 0 Å². The van der Waals surface area contributed by atoms with E-state index in [0.717, 1.165) is 38.2 Å². The van der Waals surface area contributed by atoms with Crippen molar-refractivity contribution in [1.82, 2.24) is 9.78 Å². The van der Waals surface area contributed by atoms with E-state index in [9.17, 15) is 4.79 Å². The van der Waals surface area contributed by atoms with Crippen LogP contribution in [0, 0.1) is 6.92 Å². The second kappa shape index (κ2) is 11.5. The molecule has 7 heteroatoms. The number of carbonyl (C=O) groups is 1. The van der Waals surface area contributed by atoms with Crippen molar-refractivity contribution < 1.29 is 14.3 Å². The van der Waals surface area contributed by atoms with Crippen LogP contribution in [-0.2, 0) is 17.9 Å². The fourth-order valence-electron chi connectivity index (χ4n) is 3.54. The Morgan fingerprint density at radius 1 is 1.09 bits per heavy atom. The Labute approximate surface area is 213 Å².